The van der Waals surface area contributed by atoms with E-state index in [-0.39, 0.29) is 46.9 Å². The predicted molar refractivity (Wildman–Crippen MR) is 183 cm³/mol. The first kappa shape index (κ1) is 34.4. The molecule has 1 heterocycles. The number of nitrogens with two attached hydrogens (primary N) is 1. The van der Waals surface area contributed by atoms with Gasteiger partial charge >= 0.3 is 6.03 Å². The van der Waals surface area contributed by atoms with Gasteiger partial charge in [-0.1, -0.05) is 41.9 Å². The van der Waals surface area contributed by atoms with Crippen LogP contribution in [0.5, 0.6) is 17.2 Å². The number of para-hydroxylation sites is 1. The number of urea groups is 1. The summed E-state index contributed by atoms with van der Waals surface area (Å²) in [7, 11) is 0. The molecule has 2 atom stereocenters. The van der Waals surface area contributed by atoms with E-state index in [1.54, 1.807) is 41.3 Å². The third-order valence-corrected chi connectivity index (χ3v) is 8.19. The van der Waals surface area contributed by atoms with Crippen LogP contribution in [-0.4, -0.2) is 66.0 Å². The van der Waals surface area contributed by atoms with Crippen LogP contribution in [0.15, 0.2) is 97.1 Å². The number of nitrogens with zero attached hydrogens (tertiary/aromatic N) is 3. The average Bonchev–Trinajstić information content (AvgIpc) is 3.08. The second-order valence-corrected chi connectivity index (χ2v) is 11.9. The second kappa shape index (κ2) is 15.7. The minimum atomic E-state index is -0.791. The number of carbonyl (C=O) groups excluding carboxylic acids is 3. The SMILES string of the molecule is C[C@@H]1CN(Cc2ccc(F)cc2)[C@@H](C)CN1C(=O)COc1ccc(Cl)cc1N(C(=O)CN)C(=O)Nc1ccc(Oc2ccccc2)cc1. The van der Waals surface area contributed by atoms with Crippen molar-refractivity contribution in [2.75, 3.05) is 36.5 Å². The lowest BCUT2D eigenvalue weighted by Crippen LogP contribution is -2.58. The largest absolute Gasteiger partial charge is 0.482 e. The van der Waals surface area contributed by atoms with Crippen molar-refractivity contribution in [3.8, 4) is 17.2 Å². The highest BCUT2D eigenvalue weighted by Gasteiger charge is 2.33. The summed E-state index contributed by atoms with van der Waals surface area (Å²) in [6.07, 6.45) is 0. The molecule has 1 saturated heterocycles. The Morgan fingerprint density at radius 2 is 1.60 bits per heavy atom. The molecule has 48 heavy (non-hydrogen) atoms. The Morgan fingerprint density at radius 1 is 0.917 bits per heavy atom. The normalized spacial score (nSPS) is 16.2. The van der Waals surface area contributed by atoms with Crippen LogP contribution in [0.2, 0.25) is 5.02 Å². The molecule has 4 aromatic carbocycles. The number of halogens is 2. The van der Waals surface area contributed by atoms with E-state index in [1.807, 2.05) is 44.2 Å². The minimum absolute atomic E-state index is 0.0396. The number of ether oxygens (including phenoxy) is 2. The molecule has 0 spiro atoms. The summed E-state index contributed by atoms with van der Waals surface area (Å²) in [4.78, 5) is 44.8. The van der Waals surface area contributed by atoms with E-state index < -0.39 is 18.5 Å². The molecule has 10 nitrogen and oxygen atoms in total. The number of rotatable bonds is 10. The first-order valence-corrected chi connectivity index (χ1v) is 15.9. The number of carbonyl (C=O) groups is 3. The average molecular weight is 674 g/mol. The highest BCUT2D eigenvalue weighted by molar-refractivity contribution is 6.31. The maximum atomic E-state index is 13.5. The fraction of sp³-hybridized carbons (Fsp3) is 0.250. The van der Waals surface area contributed by atoms with Crippen LogP contribution in [0.1, 0.15) is 19.4 Å². The molecule has 0 saturated carbocycles. The fourth-order valence-corrected chi connectivity index (χ4v) is 5.62. The van der Waals surface area contributed by atoms with Gasteiger partial charge in [0.05, 0.1) is 12.2 Å². The Labute approximate surface area is 283 Å². The van der Waals surface area contributed by atoms with Crippen molar-refractivity contribution < 1.29 is 28.2 Å². The standard InChI is InChI=1S/C36H37ClFN5O5/c1-24-21-42(25(2)20-41(24)22-26-8-11-28(38)12-9-26)35(45)23-47-33-17-10-27(37)18-32(33)43(34(44)19-39)36(46)40-29-13-15-31(16-14-29)48-30-6-4-3-5-7-30/h3-18,24-25H,19-23,39H2,1-2H3,(H,40,46)/t24-,25+/m0/s1. The molecule has 12 heteroatoms. The summed E-state index contributed by atoms with van der Waals surface area (Å²) in [5.41, 5.74) is 7.12. The van der Waals surface area contributed by atoms with Crippen molar-refractivity contribution in [2.24, 2.45) is 5.73 Å². The van der Waals surface area contributed by atoms with Gasteiger partial charge in [-0.3, -0.25) is 14.5 Å². The molecule has 4 aromatic rings. The molecule has 4 amide bonds. The van der Waals surface area contributed by atoms with Gasteiger partial charge in [0.25, 0.3) is 5.91 Å². The van der Waals surface area contributed by atoms with Gasteiger partial charge in [0, 0.05) is 42.4 Å². The molecule has 0 radical (unpaired) electrons. The van der Waals surface area contributed by atoms with Gasteiger partial charge < -0.3 is 25.4 Å². The van der Waals surface area contributed by atoms with E-state index >= 15 is 0 Å². The Bertz CT molecular complexity index is 1730. The summed E-state index contributed by atoms with van der Waals surface area (Å²) in [6.45, 7) is 4.91. The molecular formula is C36H37ClFN5O5. The molecule has 0 aliphatic carbocycles. The zero-order valence-corrected chi connectivity index (χ0v) is 27.4. The Hall–Kier alpha value is -4.97. The van der Waals surface area contributed by atoms with Gasteiger partial charge in [-0.25, -0.2) is 14.1 Å². The molecule has 250 valence electrons. The molecule has 0 bridgehead atoms. The monoisotopic (exact) mass is 673 g/mol. The number of benzene rings is 4. The van der Waals surface area contributed by atoms with Crippen LogP contribution in [0.25, 0.3) is 0 Å². The lowest BCUT2D eigenvalue weighted by molar-refractivity contribution is -0.139. The summed E-state index contributed by atoms with van der Waals surface area (Å²) in [6, 6.07) is 25.9. The topological polar surface area (TPSA) is 117 Å². The van der Waals surface area contributed by atoms with Gasteiger partial charge in [-0.2, -0.15) is 0 Å². The lowest BCUT2D eigenvalue weighted by Gasteiger charge is -2.44. The minimum Gasteiger partial charge on any atom is -0.482 e. The molecule has 1 aliphatic heterocycles. The summed E-state index contributed by atoms with van der Waals surface area (Å²) < 4.78 is 25.1. The smallest absolute Gasteiger partial charge is 0.333 e. The molecule has 5 rings (SSSR count). The highest BCUT2D eigenvalue weighted by Crippen LogP contribution is 2.33. The zero-order valence-electron chi connectivity index (χ0n) is 26.6. The number of imide groups is 1. The van der Waals surface area contributed by atoms with Crippen LogP contribution >= 0.6 is 11.6 Å². The van der Waals surface area contributed by atoms with Crippen LogP contribution in [-0.2, 0) is 16.1 Å². The number of hydrogen-bond acceptors (Lipinski definition) is 7. The van der Waals surface area contributed by atoms with Crippen molar-refractivity contribution in [2.45, 2.75) is 32.5 Å². The first-order valence-electron chi connectivity index (χ1n) is 15.5. The van der Waals surface area contributed by atoms with Crippen LogP contribution in [0.3, 0.4) is 0 Å². The number of nitrogens with one attached hydrogen (secondary N) is 1. The van der Waals surface area contributed by atoms with Gasteiger partial charge in [0.1, 0.15) is 23.1 Å². The van der Waals surface area contributed by atoms with Gasteiger partial charge in [0.2, 0.25) is 5.91 Å². The number of anilines is 2. The summed E-state index contributed by atoms with van der Waals surface area (Å²) >= 11 is 6.29. The molecule has 0 aromatic heterocycles. The van der Waals surface area contributed by atoms with Crippen molar-refractivity contribution >= 4 is 40.8 Å². The van der Waals surface area contributed by atoms with Crippen molar-refractivity contribution in [3.05, 3.63) is 113 Å². The Balaban J connectivity index is 1.25. The van der Waals surface area contributed by atoms with E-state index in [0.29, 0.717) is 36.8 Å². The fourth-order valence-electron chi connectivity index (χ4n) is 5.46. The lowest BCUT2D eigenvalue weighted by atomic mass is 10.1. The van der Waals surface area contributed by atoms with E-state index in [1.165, 1.54) is 30.3 Å². The Morgan fingerprint density at radius 3 is 2.29 bits per heavy atom. The maximum absolute atomic E-state index is 13.5. The highest BCUT2D eigenvalue weighted by atomic mass is 35.5. The third kappa shape index (κ3) is 8.68. The quantitative estimate of drug-likeness (QED) is 0.203. The molecule has 3 N–H and O–H groups in total. The first-order chi connectivity index (χ1) is 23.1. The van der Waals surface area contributed by atoms with Crippen LogP contribution in [0.4, 0.5) is 20.6 Å². The second-order valence-electron chi connectivity index (χ2n) is 11.5. The molecule has 0 unspecified atom stereocenters. The van der Waals surface area contributed by atoms with E-state index in [4.69, 9.17) is 26.8 Å². The van der Waals surface area contributed by atoms with E-state index in [0.717, 1.165) is 10.5 Å². The zero-order chi connectivity index (χ0) is 34.2. The third-order valence-electron chi connectivity index (χ3n) is 7.96. The maximum Gasteiger partial charge on any atom is 0.333 e. The number of amides is 4. The van der Waals surface area contributed by atoms with Gasteiger partial charge in [0.15, 0.2) is 6.61 Å². The number of piperazine rings is 1. The van der Waals surface area contributed by atoms with Gasteiger partial charge in [-0.15, -0.1) is 0 Å². The summed E-state index contributed by atoms with van der Waals surface area (Å²) in [5, 5.41) is 2.95. The van der Waals surface area contributed by atoms with Crippen molar-refractivity contribution in [3.63, 3.8) is 0 Å². The molecular weight excluding hydrogens is 637 g/mol. The van der Waals surface area contributed by atoms with E-state index in [9.17, 15) is 18.8 Å². The molecule has 1 aliphatic rings. The molecule has 1 fully saturated rings. The van der Waals surface area contributed by atoms with Crippen molar-refractivity contribution in [1.82, 2.24) is 9.80 Å². The van der Waals surface area contributed by atoms with Crippen LogP contribution < -0.4 is 25.4 Å². The van der Waals surface area contributed by atoms with Crippen LogP contribution in [0, 0.1) is 5.82 Å². The predicted octanol–water partition coefficient (Wildman–Crippen LogP) is 6.30. The summed E-state index contributed by atoms with van der Waals surface area (Å²) in [5.74, 6) is 0.0733. The number of hydrogen-bond donors (Lipinski definition) is 2. The van der Waals surface area contributed by atoms with Gasteiger partial charge in [-0.05, 0) is 86.1 Å². The van der Waals surface area contributed by atoms with Crippen molar-refractivity contribution in [1.29, 1.82) is 0 Å². The van der Waals surface area contributed by atoms with E-state index in [2.05, 4.69) is 10.2 Å². The Kier molecular flexibility index (Phi) is 11.3.